The number of likely N-dealkylation sites (N-methyl/N-ethyl adjacent to an activating group) is 1. The zero-order valence-corrected chi connectivity index (χ0v) is 13.8. The topological polar surface area (TPSA) is 71.2 Å². The lowest BCUT2D eigenvalue weighted by Crippen LogP contribution is -2.34. The molecule has 6 heteroatoms. The Morgan fingerprint density at radius 2 is 2.00 bits per heavy atom. The molecule has 0 aliphatic rings. The van der Waals surface area contributed by atoms with Gasteiger partial charge in [0.2, 0.25) is 0 Å². The van der Waals surface area contributed by atoms with Crippen LogP contribution in [-0.4, -0.2) is 28.8 Å². The fourth-order valence-corrected chi connectivity index (χ4v) is 2.39. The zero-order valence-electron chi connectivity index (χ0n) is 13.8. The van der Waals surface area contributed by atoms with Crippen LogP contribution in [0.25, 0.3) is 0 Å². The number of amides is 1. The number of anilines is 1. The van der Waals surface area contributed by atoms with Crippen LogP contribution < -0.4 is 9.64 Å². The van der Waals surface area contributed by atoms with Crippen LogP contribution in [-0.2, 0) is 11.8 Å². The number of ether oxygens (including phenoxy) is 1. The number of hydrogen-bond acceptors (Lipinski definition) is 4. The van der Waals surface area contributed by atoms with E-state index in [1.807, 2.05) is 27.8 Å². The summed E-state index contributed by atoms with van der Waals surface area (Å²) in [4.78, 5) is 14.1. The summed E-state index contributed by atoms with van der Waals surface area (Å²) in [5.41, 5.74) is 2.96. The highest BCUT2D eigenvalue weighted by Crippen LogP contribution is 2.22. The van der Waals surface area contributed by atoms with Crippen molar-refractivity contribution in [3.63, 3.8) is 0 Å². The minimum atomic E-state index is -0.139. The number of carbonyl (C=O) groups excluding carboxylic acids is 1. The first kappa shape index (κ1) is 16.6. The van der Waals surface area contributed by atoms with Gasteiger partial charge in [0.05, 0.1) is 17.3 Å². The number of benzene rings is 1. The molecule has 1 heterocycles. The van der Waals surface area contributed by atoms with Crippen molar-refractivity contribution in [2.75, 3.05) is 18.1 Å². The summed E-state index contributed by atoms with van der Waals surface area (Å²) in [6, 6.07) is 8.99. The highest BCUT2D eigenvalue weighted by molar-refractivity contribution is 5.94. The number of rotatable bonds is 5. The first-order valence-corrected chi connectivity index (χ1v) is 7.41. The molecule has 23 heavy (non-hydrogen) atoms. The largest absolute Gasteiger partial charge is 0.480 e. The van der Waals surface area contributed by atoms with Crippen molar-refractivity contribution in [3.8, 4) is 11.8 Å². The summed E-state index contributed by atoms with van der Waals surface area (Å²) in [6.45, 7) is 6.13. The smallest absolute Gasteiger partial charge is 0.264 e. The average Bonchev–Trinajstić information content (AvgIpc) is 2.79. The number of nitrogens with zero attached hydrogens (tertiary/aromatic N) is 4. The van der Waals surface area contributed by atoms with Crippen LogP contribution in [0.2, 0.25) is 0 Å². The van der Waals surface area contributed by atoms with Crippen molar-refractivity contribution >= 4 is 11.6 Å². The van der Waals surface area contributed by atoms with Gasteiger partial charge in [-0.25, -0.2) is 0 Å². The van der Waals surface area contributed by atoms with Gasteiger partial charge in [-0.05, 0) is 45.0 Å². The molecule has 0 saturated heterocycles. The number of aryl methyl sites for hydroxylation is 2. The summed E-state index contributed by atoms with van der Waals surface area (Å²) in [5, 5.41) is 13.1. The second-order valence-corrected chi connectivity index (χ2v) is 5.21. The van der Waals surface area contributed by atoms with E-state index >= 15 is 0 Å². The van der Waals surface area contributed by atoms with Crippen molar-refractivity contribution in [2.24, 2.45) is 7.05 Å². The summed E-state index contributed by atoms with van der Waals surface area (Å²) in [5.74, 6) is 0.511. The van der Waals surface area contributed by atoms with E-state index in [-0.39, 0.29) is 12.5 Å². The number of carbonyl (C=O) groups is 1. The Labute approximate surface area is 135 Å². The normalized spacial score (nSPS) is 10.2. The monoisotopic (exact) mass is 312 g/mol. The molecule has 0 spiro atoms. The van der Waals surface area contributed by atoms with Crippen LogP contribution in [0.3, 0.4) is 0 Å². The molecular weight excluding hydrogens is 292 g/mol. The van der Waals surface area contributed by atoms with Crippen molar-refractivity contribution in [3.05, 3.63) is 41.2 Å². The second kappa shape index (κ2) is 6.97. The van der Waals surface area contributed by atoms with Crippen LogP contribution in [0.15, 0.2) is 24.3 Å². The van der Waals surface area contributed by atoms with Crippen molar-refractivity contribution < 1.29 is 9.53 Å². The standard InChI is InChI=1S/C17H20N4O2/c1-5-21(15-8-6-14(10-18)7-9-15)16(22)11-23-17-12(2)19-20(4)13(17)3/h6-9H,5,11H2,1-4H3. The van der Waals surface area contributed by atoms with Gasteiger partial charge in [0, 0.05) is 19.3 Å². The molecule has 0 aliphatic heterocycles. The Morgan fingerprint density at radius 3 is 2.48 bits per heavy atom. The van der Waals surface area contributed by atoms with E-state index in [2.05, 4.69) is 11.2 Å². The second-order valence-electron chi connectivity index (χ2n) is 5.21. The van der Waals surface area contributed by atoms with E-state index in [4.69, 9.17) is 10.00 Å². The first-order valence-electron chi connectivity index (χ1n) is 7.41. The summed E-state index contributed by atoms with van der Waals surface area (Å²) in [7, 11) is 1.84. The molecule has 0 atom stereocenters. The third-order valence-electron chi connectivity index (χ3n) is 3.71. The highest BCUT2D eigenvalue weighted by atomic mass is 16.5. The van der Waals surface area contributed by atoms with Crippen LogP contribution in [0, 0.1) is 25.2 Å². The Balaban J connectivity index is 2.09. The van der Waals surface area contributed by atoms with Gasteiger partial charge < -0.3 is 9.64 Å². The maximum atomic E-state index is 12.4. The van der Waals surface area contributed by atoms with Crippen LogP contribution >= 0.6 is 0 Å². The Hall–Kier alpha value is -2.81. The summed E-state index contributed by atoms with van der Waals surface area (Å²) in [6.07, 6.45) is 0. The lowest BCUT2D eigenvalue weighted by molar-refractivity contribution is -0.120. The molecule has 0 unspecified atom stereocenters. The minimum Gasteiger partial charge on any atom is -0.480 e. The van der Waals surface area contributed by atoms with Crippen molar-refractivity contribution in [1.82, 2.24) is 9.78 Å². The lowest BCUT2D eigenvalue weighted by atomic mass is 10.2. The van der Waals surface area contributed by atoms with Gasteiger partial charge in [0.15, 0.2) is 12.4 Å². The van der Waals surface area contributed by atoms with Gasteiger partial charge >= 0.3 is 0 Å². The van der Waals surface area contributed by atoms with E-state index in [0.717, 1.165) is 17.1 Å². The molecule has 0 bridgehead atoms. The summed E-state index contributed by atoms with van der Waals surface area (Å²) >= 11 is 0. The number of nitriles is 1. The molecular formula is C17H20N4O2. The molecule has 2 aromatic rings. The molecule has 0 saturated carbocycles. The van der Waals surface area contributed by atoms with Gasteiger partial charge in [-0.1, -0.05) is 0 Å². The first-order chi connectivity index (χ1) is 11.0. The van der Waals surface area contributed by atoms with Gasteiger partial charge in [0.25, 0.3) is 5.91 Å². The molecule has 1 aromatic carbocycles. The van der Waals surface area contributed by atoms with E-state index in [9.17, 15) is 4.79 Å². The molecule has 0 fully saturated rings. The molecule has 120 valence electrons. The van der Waals surface area contributed by atoms with Crippen molar-refractivity contribution in [2.45, 2.75) is 20.8 Å². The Morgan fingerprint density at radius 1 is 1.35 bits per heavy atom. The fourth-order valence-electron chi connectivity index (χ4n) is 2.39. The number of hydrogen-bond donors (Lipinski definition) is 0. The maximum Gasteiger partial charge on any atom is 0.264 e. The summed E-state index contributed by atoms with van der Waals surface area (Å²) < 4.78 is 7.40. The molecule has 1 amide bonds. The highest BCUT2D eigenvalue weighted by Gasteiger charge is 2.17. The van der Waals surface area contributed by atoms with Gasteiger partial charge in [-0.3, -0.25) is 9.48 Å². The van der Waals surface area contributed by atoms with E-state index in [1.54, 1.807) is 33.8 Å². The predicted molar refractivity (Wildman–Crippen MR) is 87.4 cm³/mol. The lowest BCUT2D eigenvalue weighted by Gasteiger charge is -2.21. The van der Waals surface area contributed by atoms with Crippen LogP contribution in [0.4, 0.5) is 5.69 Å². The van der Waals surface area contributed by atoms with E-state index in [0.29, 0.717) is 17.9 Å². The van der Waals surface area contributed by atoms with E-state index in [1.165, 1.54) is 0 Å². The number of aromatic nitrogens is 2. The van der Waals surface area contributed by atoms with Crippen LogP contribution in [0.5, 0.6) is 5.75 Å². The zero-order chi connectivity index (χ0) is 17.0. The fraction of sp³-hybridized carbons (Fsp3) is 0.353. The quantitative estimate of drug-likeness (QED) is 0.849. The molecule has 2 rings (SSSR count). The molecule has 0 N–H and O–H groups in total. The molecule has 6 nitrogen and oxygen atoms in total. The SMILES string of the molecule is CCN(C(=O)COc1c(C)nn(C)c1C)c1ccc(C#N)cc1. The Bertz CT molecular complexity index is 741. The molecule has 0 radical (unpaired) electrons. The Kier molecular flexibility index (Phi) is 5.02. The van der Waals surface area contributed by atoms with Gasteiger partial charge in [-0.2, -0.15) is 10.4 Å². The third kappa shape index (κ3) is 3.51. The minimum absolute atomic E-state index is 0.0544. The van der Waals surface area contributed by atoms with Gasteiger partial charge in [0.1, 0.15) is 5.69 Å². The predicted octanol–water partition coefficient (Wildman–Crippen LogP) is 2.34. The molecule has 1 aromatic heterocycles. The van der Waals surface area contributed by atoms with Crippen molar-refractivity contribution in [1.29, 1.82) is 5.26 Å². The molecule has 0 aliphatic carbocycles. The van der Waals surface area contributed by atoms with E-state index < -0.39 is 0 Å². The average molecular weight is 312 g/mol. The van der Waals surface area contributed by atoms with Gasteiger partial charge in [-0.15, -0.1) is 0 Å². The third-order valence-corrected chi connectivity index (χ3v) is 3.71. The maximum absolute atomic E-state index is 12.4. The van der Waals surface area contributed by atoms with Crippen LogP contribution in [0.1, 0.15) is 23.9 Å².